The van der Waals surface area contributed by atoms with E-state index in [9.17, 15) is 4.79 Å². The number of piperazine rings is 1. The van der Waals surface area contributed by atoms with Crippen LogP contribution in [0.2, 0.25) is 0 Å². The Kier molecular flexibility index (Phi) is 9.31. The third-order valence-electron chi connectivity index (χ3n) is 5.71. The molecule has 142 valence electrons. The van der Waals surface area contributed by atoms with E-state index in [2.05, 4.69) is 4.90 Å². The highest BCUT2D eigenvalue weighted by Gasteiger charge is 2.39. The lowest BCUT2D eigenvalue weighted by Gasteiger charge is -2.41. The van der Waals surface area contributed by atoms with Gasteiger partial charge in [-0.3, -0.25) is 9.69 Å². The molecule has 2 aliphatic heterocycles. The highest BCUT2D eigenvalue weighted by Crippen LogP contribution is 2.25. The van der Waals surface area contributed by atoms with Crippen LogP contribution in [0.25, 0.3) is 0 Å². The maximum Gasteiger partial charge on any atom is 0.242 e. The van der Waals surface area contributed by atoms with Gasteiger partial charge in [0.05, 0.1) is 5.54 Å². The summed E-state index contributed by atoms with van der Waals surface area (Å²) >= 11 is 0. The molecule has 1 saturated carbocycles. The molecule has 0 atom stereocenters. The molecule has 2 heterocycles. The second-order valence-corrected chi connectivity index (χ2v) is 7.37. The molecule has 3 fully saturated rings. The maximum atomic E-state index is 12.7. The summed E-state index contributed by atoms with van der Waals surface area (Å²) in [5, 5.41) is 0. The standard InChI is InChI=1S/C17H31N3O2.2ClH/c18-17(6-12-22-13-7-17)16(21)20-10-8-19(9-11-20)14-15-4-2-1-3-5-15;;/h15H,1-14,18H2;2*1H. The normalized spacial score (nSPS) is 25.5. The molecule has 7 heteroatoms. The molecule has 24 heavy (non-hydrogen) atoms. The van der Waals surface area contributed by atoms with Crippen LogP contribution >= 0.6 is 24.8 Å². The van der Waals surface area contributed by atoms with Gasteiger partial charge in [0.2, 0.25) is 5.91 Å². The van der Waals surface area contributed by atoms with E-state index < -0.39 is 5.54 Å². The zero-order chi connectivity index (χ0) is 15.4. The van der Waals surface area contributed by atoms with Gasteiger partial charge in [0.25, 0.3) is 0 Å². The summed E-state index contributed by atoms with van der Waals surface area (Å²) in [6.07, 6.45) is 8.33. The molecule has 2 saturated heterocycles. The molecule has 0 aromatic rings. The number of amides is 1. The van der Waals surface area contributed by atoms with Gasteiger partial charge in [0.1, 0.15) is 0 Å². The van der Waals surface area contributed by atoms with Crippen LogP contribution in [0.5, 0.6) is 0 Å². The van der Waals surface area contributed by atoms with Crippen LogP contribution in [-0.4, -0.2) is 67.2 Å². The van der Waals surface area contributed by atoms with E-state index in [4.69, 9.17) is 10.5 Å². The molecular formula is C17H33Cl2N3O2. The lowest BCUT2D eigenvalue weighted by molar-refractivity contribution is -0.142. The molecule has 1 amide bonds. The largest absolute Gasteiger partial charge is 0.381 e. The van der Waals surface area contributed by atoms with Gasteiger partial charge in [0, 0.05) is 45.9 Å². The van der Waals surface area contributed by atoms with Crippen molar-refractivity contribution in [2.24, 2.45) is 11.7 Å². The van der Waals surface area contributed by atoms with Crippen LogP contribution in [0, 0.1) is 5.92 Å². The Morgan fingerprint density at radius 3 is 2.17 bits per heavy atom. The molecule has 0 aromatic heterocycles. The summed E-state index contributed by atoms with van der Waals surface area (Å²) in [4.78, 5) is 17.2. The van der Waals surface area contributed by atoms with Crippen LogP contribution in [0.1, 0.15) is 44.9 Å². The van der Waals surface area contributed by atoms with Crippen molar-refractivity contribution in [3.05, 3.63) is 0 Å². The van der Waals surface area contributed by atoms with Gasteiger partial charge < -0.3 is 15.4 Å². The van der Waals surface area contributed by atoms with E-state index in [-0.39, 0.29) is 30.7 Å². The first-order valence-electron chi connectivity index (χ1n) is 9.06. The Morgan fingerprint density at radius 1 is 1.00 bits per heavy atom. The zero-order valence-electron chi connectivity index (χ0n) is 14.6. The minimum atomic E-state index is -0.677. The van der Waals surface area contributed by atoms with Crippen LogP contribution in [-0.2, 0) is 9.53 Å². The van der Waals surface area contributed by atoms with Gasteiger partial charge in [-0.2, -0.15) is 0 Å². The molecule has 3 rings (SSSR count). The van der Waals surface area contributed by atoms with Crippen molar-refractivity contribution in [2.75, 3.05) is 45.9 Å². The van der Waals surface area contributed by atoms with Crippen LogP contribution < -0.4 is 5.73 Å². The van der Waals surface area contributed by atoms with E-state index in [0.717, 1.165) is 32.1 Å². The number of carbonyl (C=O) groups is 1. The van der Waals surface area contributed by atoms with Crippen LogP contribution in [0.4, 0.5) is 0 Å². The first-order chi connectivity index (χ1) is 10.7. The van der Waals surface area contributed by atoms with Gasteiger partial charge >= 0.3 is 0 Å². The number of halogens is 2. The van der Waals surface area contributed by atoms with Crippen LogP contribution in [0.3, 0.4) is 0 Å². The quantitative estimate of drug-likeness (QED) is 0.812. The summed E-state index contributed by atoms with van der Waals surface area (Å²) in [5.41, 5.74) is 5.66. The Bertz CT molecular complexity index is 378. The van der Waals surface area contributed by atoms with Gasteiger partial charge in [-0.15, -0.1) is 24.8 Å². The molecule has 0 unspecified atom stereocenters. The van der Waals surface area contributed by atoms with Crippen molar-refractivity contribution < 1.29 is 9.53 Å². The summed E-state index contributed by atoms with van der Waals surface area (Å²) in [6, 6.07) is 0. The fourth-order valence-corrected chi connectivity index (χ4v) is 4.13. The van der Waals surface area contributed by atoms with E-state index >= 15 is 0 Å². The van der Waals surface area contributed by atoms with E-state index in [1.807, 2.05) is 4.90 Å². The minimum absolute atomic E-state index is 0. The van der Waals surface area contributed by atoms with E-state index in [1.165, 1.54) is 38.6 Å². The number of rotatable bonds is 3. The minimum Gasteiger partial charge on any atom is -0.381 e. The number of nitrogens with two attached hydrogens (primary N) is 1. The fourth-order valence-electron chi connectivity index (χ4n) is 4.13. The highest BCUT2D eigenvalue weighted by atomic mass is 35.5. The summed E-state index contributed by atoms with van der Waals surface area (Å²) < 4.78 is 5.35. The third kappa shape index (κ3) is 5.46. The van der Waals surface area contributed by atoms with Crippen LogP contribution in [0.15, 0.2) is 0 Å². The first kappa shape index (κ1) is 22.0. The monoisotopic (exact) mass is 381 g/mol. The molecule has 5 nitrogen and oxygen atoms in total. The number of ether oxygens (including phenoxy) is 1. The molecule has 0 bridgehead atoms. The Balaban J connectivity index is 0.00000144. The van der Waals surface area contributed by atoms with Crippen molar-refractivity contribution in [3.63, 3.8) is 0 Å². The molecule has 1 aliphatic carbocycles. The van der Waals surface area contributed by atoms with Gasteiger partial charge in [-0.05, 0) is 31.6 Å². The lowest BCUT2D eigenvalue weighted by atomic mass is 9.88. The smallest absolute Gasteiger partial charge is 0.242 e. The molecule has 2 N–H and O–H groups in total. The lowest BCUT2D eigenvalue weighted by Crippen LogP contribution is -2.61. The number of nitrogens with zero attached hydrogens (tertiary/aromatic N) is 2. The van der Waals surface area contributed by atoms with Gasteiger partial charge in [0.15, 0.2) is 0 Å². The Morgan fingerprint density at radius 2 is 1.58 bits per heavy atom. The zero-order valence-corrected chi connectivity index (χ0v) is 16.2. The predicted octanol–water partition coefficient (Wildman–Crippen LogP) is 2.06. The summed E-state index contributed by atoms with van der Waals surface area (Å²) in [6.45, 7) is 6.15. The van der Waals surface area contributed by atoms with Crippen molar-refractivity contribution in [1.82, 2.24) is 9.80 Å². The van der Waals surface area contributed by atoms with Crippen molar-refractivity contribution >= 4 is 30.7 Å². The third-order valence-corrected chi connectivity index (χ3v) is 5.71. The predicted molar refractivity (Wildman–Crippen MR) is 101 cm³/mol. The number of hydrogen-bond donors (Lipinski definition) is 1. The van der Waals surface area contributed by atoms with E-state index in [0.29, 0.717) is 26.1 Å². The molecule has 3 aliphatic rings. The van der Waals surface area contributed by atoms with Gasteiger partial charge in [-0.25, -0.2) is 0 Å². The van der Waals surface area contributed by atoms with E-state index in [1.54, 1.807) is 0 Å². The topological polar surface area (TPSA) is 58.8 Å². The summed E-state index contributed by atoms with van der Waals surface area (Å²) in [5.74, 6) is 1.03. The number of hydrogen-bond acceptors (Lipinski definition) is 4. The SMILES string of the molecule is Cl.Cl.NC1(C(=O)N2CCN(CC3CCCCC3)CC2)CCOCC1. The van der Waals surface area contributed by atoms with Crippen molar-refractivity contribution in [2.45, 2.75) is 50.5 Å². The van der Waals surface area contributed by atoms with Gasteiger partial charge in [-0.1, -0.05) is 19.3 Å². The Labute approximate surface area is 158 Å². The Hall–Kier alpha value is -0.0700. The molecule has 0 spiro atoms. The second-order valence-electron chi connectivity index (χ2n) is 7.37. The average molecular weight is 382 g/mol. The molecule has 0 radical (unpaired) electrons. The summed E-state index contributed by atoms with van der Waals surface area (Å²) in [7, 11) is 0. The average Bonchev–Trinajstić information content (AvgIpc) is 2.56. The highest BCUT2D eigenvalue weighted by molar-refractivity contribution is 5.86. The number of carbonyl (C=O) groups excluding carboxylic acids is 1. The van der Waals surface area contributed by atoms with Crippen molar-refractivity contribution in [1.29, 1.82) is 0 Å². The maximum absolute atomic E-state index is 12.7. The second kappa shape index (κ2) is 10.2. The molecular weight excluding hydrogens is 349 g/mol. The van der Waals surface area contributed by atoms with Crippen molar-refractivity contribution in [3.8, 4) is 0 Å². The first-order valence-corrected chi connectivity index (χ1v) is 9.06. The fraction of sp³-hybridized carbons (Fsp3) is 0.941. The molecule has 0 aromatic carbocycles.